The van der Waals surface area contributed by atoms with Gasteiger partial charge in [0.2, 0.25) is 0 Å². The van der Waals surface area contributed by atoms with Gasteiger partial charge in [-0.25, -0.2) is 4.39 Å². The number of ether oxygens (including phenoxy) is 1. The Labute approximate surface area is 75.3 Å². The van der Waals surface area contributed by atoms with E-state index in [0.29, 0.717) is 5.56 Å². The van der Waals surface area contributed by atoms with Gasteiger partial charge in [0, 0.05) is 0 Å². The molecule has 70 valence electrons. The molecule has 0 bridgehead atoms. The van der Waals surface area contributed by atoms with Gasteiger partial charge >= 0.3 is 5.97 Å². The number of hydrogen-bond donors (Lipinski definition) is 1. The summed E-state index contributed by atoms with van der Waals surface area (Å²) in [6.45, 7) is 0. The van der Waals surface area contributed by atoms with E-state index in [2.05, 4.69) is 4.74 Å². The monoisotopic (exact) mass is 183 g/mol. The number of rotatable bonds is 2. The quantitative estimate of drug-likeness (QED) is 0.696. The number of hydrogen-bond acceptors (Lipinski definition) is 3. The van der Waals surface area contributed by atoms with Gasteiger partial charge in [-0.3, -0.25) is 4.79 Å². The fourth-order valence-electron chi connectivity index (χ4n) is 0.933. The van der Waals surface area contributed by atoms with Crippen LogP contribution in [0.25, 0.3) is 0 Å². The number of nitrogens with two attached hydrogens (primary N) is 1. The van der Waals surface area contributed by atoms with Crippen LogP contribution in [-0.4, -0.2) is 13.1 Å². The predicted molar refractivity (Wildman–Crippen MR) is 45.3 cm³/mol. The molecule has 0 saturated carbocycles. The van der Waals surface area contributed by atoms with E-state index in [-0.39, 0.29) is 5.82 Å². The van der Waals surface area contributed by atoms with Crippen molar-refractivity contribution in [2.24, 2.45) is 5.73 Å². The average molecular weight is 183 g/mol. The molecule has 0 heterocycles. The van der Waals surface area contributed by atoms with E-state index < -0.39 is 12.0 Å². The molecule has 0 aromatic heterocycles. The first-order chi connectivity index (χ1) is 6.15. The van der Waals surface area contributed by atoms with E-state index in [1.807, 2.05) is 0 Å². The molecule has 13 heavy (non-hydrogen) atoms. The van der Waals surface area contributed by atoms with E-state index in [1.165, 1.54) is 31.4 Å². The lowest BCUT2D eigenvalue weighted by Gasteiger charge is -2.08. The summed E-state index contributed by atoms with van der Waals surface area (Å²) in [4.78, 5) is 11.0. The summed E-state index contributed by atoms with van der Waals surface area (Å²) in [6, 6.07) is 4.56. The Morgan fingerprint density at radius 3 is 2.46 bits per heavy atom. The van der Waals surface area contributed by atoms with E-state index in [0.717, 1.165) is 0 Å². The van der Waals surface area contributed by atoms with Crippen LogP contribution < -0.4 is 5.73 Å². The third-order valence-electron chi connectivity index (χ3n) is 1.68. The molecular weight excluding hydrogens is 173 g/mol. The molecule has 2 N–H and O–H groups in total. The second kappa shape index (κ2) is 4.00. The van der Waals surface area contributed by atoms with Gasteiger partial charge in [-0.15, -0.1) is 0 Å². The number of carbonyl (C=O) groups excluding carboxylic acids is 1. The van der Waals surface area contributed by atoms with Crippen molar-refractivity contribution in [2.45, 2.75) is 6.04 Å². The van der Waals surface area contributed by atoms with E-state index in [1.54, 1.807) is 0 Å². The molecular formula is C9H10FNO2. The van der Waals surface area contributed by atoms with E-state index in [9.17, 15) is 9.18 Å². The molecule has 0 fully saturated rings. The van der Waals surface area contributed by atoms with E-state index in [4.69, 9.17) is 5.73 Å². The minimum absolute atomic E-state index is 0.360. The van der Waals surface area contributed by atoms with Crippen molar-refractivity contribution in [2.75, 3.05) is 7.11 Å². The van der Waals surface area contributed by atoms with Gasteiger partial charge in [-0.1, -0.05) is 12.1 Å². The molecule has 1 atom stereocenters. The van der Waals surface area contributed by atoms with Gasteiger partial charge in [0.15, 0.2) is 0 Å². The molecule has 1 rings (SSSR count). The van der Waals surface area contributed by atoms with Crippen LogP contribution in [0.3, 0.4) is 0 Å². The van der Waals surface area contributed by atoms with E-state index >= 15 is 0 Å². The smallest absolute Gasteiger partial charge is 0.327 e. The Morgan fingerprint density at radius 2 is 2.00 bits per heavy atom. The Kier molecular flexibility index (Phi) is 2.97. The predicted octanol–water partition coefficient (Wildman–Crippen LogP) is 0.998. The number of carbonyl (C=O) groups is 1. The van der Waals surface area contributed by atoms with Gasteiger partial charge in [-0.05, 0) is 17.7 Å². The molecule has 4 heteroatoms. The molecule has 0 radical (unpaired) electrons. The number of esters is 1. The van der Waals surface area contributed by atoms with Gasteiger partial charge in [0.05, 0.1) is 7.11 Å². The summed E-state index contributed by atoms with van der Waals surface area (Å²) in [5.41, 5.74) is 6.04. The van der Waals surface area contributed by atoms with Crippen LogP contribution in [0.4, 0.5) is 4.39 Å². The van der Waals surface area contributed by atoms with Crippen molar-refractivity contribution in [3.8, 4) is 0 Å². The lowest BCUT2D eigenvalue weighted by atomic mass is 10.1. The number of benzene rings is 1. The molecule has 0 amide bonds. The Hall–Kier alpha value is -1.42. The molecule has 1 aromatic carbocycles. The summed E-state index contributed by atoms with van der Waals surface area (Å²) < 4.78 is 16.9. The highest BCUT2D eigenvalue weighted by Crippen LogP contribution is 2.11. The molecule has 3 nitrogen and oxygen atoms in total. The first-order valence-electron chi connectivity index (χ1n) is 3.74. The molecule has 0 aliphatic heterocycles. The van der Waals surface area contributed by atoms with Crippen LogP contribution in [0.15, 0.2) is 24.3 Å². The van der Waals surface area contributed by atoms with Crippen LogP contribution in [0, 0.1) is 5.82 Å². The van der Waals surface area contributed by atoms with Crippen LogP contribution in [0.1, 0.15) is 11.6 Å². The third kappa shape index (κ3) is 2.26. The zero-order valence-corrected chi connectivity index (χ0v) is 7.16. The van der Waals surface area contributed by atoms with Crippen molar-refractivity contribution < 1.29 is 13.9 Å². The maximum absolute atomic E-state index is 12.5. The normalized spacial score (nSPS) is 12.2. The summed E-state index contributed by atoms with van der Waals surface area (Å²) in [5, 5.41) is 0. The SMILES string of the molecule is COC(=O)[C@H](N)c1ccc(F)cc1. The first kappa shape index (κ1) is 9.67. The Morgan fingerprint density at radius 1 is 1.46 bits per heavy atom. The number of methoxy groups -OCH3 is 1. The van der Waals surface area contributed by atoms with Gasteiger partial charge in [0.25, 0.3) is 0 Å². The lowest BCUT2D eigenvalue weighted by Crippen LogP contribution is -2.22. The summed E-state index contributed by atoms with van der Waals surface area (Å²) >= 11 is 0. The second-order valence-corrected chi connectivity index (χ2v) is 2.55. The molecule has 0 aliphatic rings. The summed E-state index contributed by atoms with van der Waals surface area (Å²) in [5.74, 6) is -0.896. The van der Waals surface area contributed by atoms with Gasteiger partial charge < -0.3 is 10.5 Å². The zero-order valence-electron chi connectivity index (χ0n) is 7.16. The van der Waals surface area contributed by atoms with Crippen molar-refractivity contribution in [1.82, 2.24) is 0 Å². The van der Waals surface area contributed by atoms with Crippen molar-refractivity contribution in [1.29, 1.82) is 0 Å². The Balaban J connectivity index is 2.83. The summed E-state index contributed by atoms with van der Waals surface area (Å²) in [7, 11) is 1.26. The van der Waals surface area contributed by atoms with Crippen molar-refractivity contribution in [3.05, 3.63) is 35.6 Å². The van der Waals surface area contributed by atoms with Gasteiger partial charge in [-0.2, -0.15) is 0 Å². The summed E-state index contributed by atoms with van der Waals surface area (Å²) in [6.07, 6.45) is 0. The Bertz CT molecular complexity index is 297. The second-order valence-electron chi connectivity index (χ2n) is 2.55. The molecule has 0 unspecified atom stereocenters. The minimum Gasteiger partial charge on any atom is -0.468 e. The van der Waals surface area contributed by atoms with Crippen LogP contribution >= 0.6 is 0 Å². The van der Waals surface area contributed by atoms with Gasteiger partial charge in [0.1, 0.15) is 11.9 Å². The standard InChI is InChI=1S/C9H10FNO2/c1-13-9(12)8(11)6-2-4-7(10)5-3-6/h2-5,8H,11H2,1H3/t8-/m1/s1. The third-order valence-corrected chi connectivity index (χ3v) is 1.68. The van der Waals surface area contributed by atoms with Crippen LogP contribution in [0.2, 0.25) is 0 Å². The molecule has 1 aromatic rings. The maximum Gasteiger partial charge on any atom is 0.327 e. The van der Waals surface area contributed by atoms with Crippen LogP contribution in [-0.2, 0) is 9.53 Å². The van der Waals surface area contributed by atoms with Crippen molar-refractivity contribution in [3.63, 3.8) is 0 Å². The van der Waals surface area contributed by atoms with Crippen LogP contribution in [0.5, 0.6) is 0 Å². The number of halogens is 1. The largest absolute Gasteiger partial charge is 0.468 e. The zero-order chi connectivity index (χ0) is 9.84. The maximum atomic E-state index is 12.5. The van der Waals surface area contributed by atoms with Crippen molar-refractivity contribution >= 4 is 5.97 Å². The highest BCUT2D eigenvalue weighted by atomic mass is 19.1. The molecule has 0 saturated heterocycles. The first-order valence-corrected chi connectivity index (χ1v) is 3.74. The average Bonchev–Trinajstić information content (AvgIpc) is 2.17. The molecule has 0 aliphatic carbocycles. The lowest BCUT2D eigenvalue weighted by molar-refractivity contribution is -0.142. The highest BCUT2D eigenvalue weighted by Gasteiger charge is 2.15. The fourth-order valence-corrected chi connectivity index (χ4v) is 0.933. The highest BCUT2D eigenvalue weighted by molar-refractivity contribution is 5.77. The fraction of sp³-hybridized carbons (Fsp3) is 0.222. The molecule has 0 spiro atoms. The topological polar surface area (TPSA) is 52.3 Å². The minimum atomic E-state index is -0.842.